The number of benzene rings is 1. The molecular formula is C13H11Br2N3O3. The van der Waals surface area contributed by atoms with Gasteiger partial charge in [-0.15, -0.1) is 0 Å². The highest BCUT2D eigenvalue weighted by Crippen LogP contribution is 2.22. The van der Waals surface area contributed by atoms with Crippen LogP contribution in [0.15, 0.2) is 39.4 Å². The number of hydrogen-bond acceptors (Lipinski definition) is 4. The SMILES string of the molecule is O=C(CCCn1cc(Br)c([N+](=O)[O-])n1)c1ccc(Br)cc1. The van der Waals surface area contributed by atoms with Crippen molar-refractivity contribution in [3.8, 4) is 0 Å². The van der Waals surface area contributed by atoms with Gasteiger partial charge in [0, 0.05) is 16.5 Å². The van der Waals surface area contributed by atoms with E-state index in [2.05, 4.69) is 37.0 Å². The van der Waals surface area contributed by atoms with E-state index in [0.29, 0.717) is 29.4 Å². The highest BCUT2D eigenvalue weighted by Gasteiger charge is 2.18. The Morgan fingerprint density at radius 3 is 2.52 bits per heavy atom. The van der Waals surface area contributed by atoms with E-state index in [1.165, 1.54) is 4.68 Å². The quantitative estimate of drug-likeness (QED) is 0.405. The number of ketones is 1. The van der Waals surface area contributed by atoms with Crippen LogP contribution in [-0.2, 0) is 6.54 Å². The van der Waals surface area contributed by atoms with Gasteiger partial charge < -0.3 is 10.1 Å². The molecule has 0 unspecified atom stereocenters. The average molecular weight is 417 g/mol. The summed E-state index contributed by atoms with van der Waals surface area (Å²) in [5.74, 6) is -0.169. The van der Waals surface area contributed by atoms with Crippen LogP contribution < -0.4 is 0 Å². The Balaban J connectivity index is 1.89. The average Bonchev–Trinajstić information content (AvgIpc) is 2.80. The van der Waals surface area contributed by atoms with Crippen molar-refractivity contribution in [2.45, 2.75) is 19.4 Å². The first-order valence-corrected chi connectivity index (χ1v) is 7.72. The van der Waals surface area contributed by atoms with Crippen LogP contribution in [0.4, 0.5) is 5.82 Å². The van der Waals surface area contributed by atoms with Gasteiger partial charge in [-0.25, -0.2) is 0 Å². The number of hydrogen-bond donors (Lipinski definition) is 0. The van der Waals surface area contributed by atoms with Crippen LogP contribution in [0.2, 0.25) is 0 Å². The molecule has 0 bridgehead atoms. The summed E-state index contributed by atoms with van der Waals surface area (Å²) in [7, 11) is 0. The fourth-order valence-electron chi connectivity index (χ4n) is 1.81. The Hall–Kier alpha value is -1.54. The molecule has 6 nitrogen and oxygen atoms in total. The molecule has 0 fully saturated rings. The van der Waals surface area contributed by atoms with Crippen molar-refractivity contribution < 1.29 is 9.72 Å². The summed E-state index contributed by atoms with van der Waals surface area (Å²) < 4.78 is 2.73. The van der Waals surface area contributed by atoms with Gasteiger partial charge in [-0.1, -0.05) is 28.1 Å². The molecule has 0 aliphatic heterocycles. The van der Waals surface area contributed by atoms with Gasteiger partial charge in [0.05, 0.1) is 17.8 Å². The first kappa shape index (κ1) is 15.8. The predicted molar refractivity (Wildman–Crippen MR) is 84.3 cm³/mol. The maximum absolute atomic E-state index is 12.0. The predicted octanol–water partition coefficient (Wildman–Crippen LogP) is 3.98. The van der Waals surface area contributed by atoms with Crippen LogP contribution in [0, 0.1) is 10.1 Å². The summed E-state index contributed by atoms with van der Waals surface area (Å²) in [4.78, 5) is 22.1. The van der Waals surface area contributed by atoms with E-state index in [1.54, 1.807) is 18.3 Å². The van der Waals surface area contributed by atoms with Gasteiger partial charge >= 0.3 is 5.82 Å². The molecule has 1 aromatic carbocycles. The molecule has 1 aromatic heterocycles. The van der Waals surface area contributed by atoms with Crippen molar-refractivity contribution in [3.05, 3.63) is 55.1 Å². The number of Topliss-reactive ketones (excluding diaryl/α,β-unsaturated/α-hetero) is 1. The smallest absolute Gasteiger partial charge is 0.358 e. The van der Waals surface area contributed by atoms with Crippen LogP contribution >= 0.6 is 31.9 Å². The maximum Gasteiger partial charge on any atom is 0.404 e. The van der Waals surface area contributed by atoms with E-state index in [0.717, 1.165) is 4.47 Å². The van der Waals surface area contributed by atoms with Crippen LogP contribution in [-0.4, -0.2) is 20.5 Å². The van der Waals surface area contributed by atoms with Crippen molar-refractivity contribution >= 4 is 43.5 Å². The molecule has 0 saturated heterocycles. The number of carbonyl (C=O) groups excluding carboxylic acids is 1. The lowest BCUT2D eigenvalue weighted by Gasteiger charge is -2.00. The zero-order valence-corrected chi connectivity index (χ0v) is 14.0. The Labute approximate surface area is 137 Å². The van der Waals surface area contributed by atoms with Gasteiger partial charge in [0.2, 0.25) is 0 Å². The van der Waals surface area contributed by atoms with Gasteiger partial charge in [-0.05, 0) is 39.4 Å². The van der Waals surface area contributed by atoms with Crippen molar-refractivity contribution in [2.24, 2.45) is 0 Å². The number of nitro groups is 1. The molecule has 0 aliphatic rings. The topological polar surface area (TPSA) is 78.0 Å². The maximum atomic E-state index is 12.0. The van der Waals surface area contributed by atoms with E-state index >= 15 is 0 Å². The summed E-state index contributed by atoms with van der Waals surface area (Å²) >= 11 is 6.40. The Bertz CT molecular complexity index is 668. The number of aromatic nitrogens is 2. The third-order valence-corrected chi connectivity index (χ3v) is 3.92. The highest BCUT2D eigenvalue weighted by molar-refractivity contribution is 9.10. The fourth-order valence-corrected chi connectivity index (χ4v) is 2.53. The minimum absolute atomic E-state index is 0.0446. The summed E-state index contributed by atoms with van der Waals surface area (Å²) in [6, 6.07) is 7.17. The molecule has 8 heteroatoms. The van der Waals surface area contributed by atoms with Crippen LogP contribution in [0.5, 0.6) is 0 Å². The number of nitrogens with zero attached hydrogens (tertiary/aromatic N) is 3. The van der Waals surface area contributed by atoms with Crippen molar-refractivity contribution in [2.75, 3.05) is 0 Å². The van der Waals surface area contributed by atoms with Gasteiger partial charge in [-0.2, -0.15) is 4.68 Å². The van der Waals surface area contributed by atoms with Crippen molar-refractivity contribution in [3.63, 3.8) is 0 Å². The minimum atomic E-state index is -0.548. The van der Waals surface area contributed by atoms with Crippen LogP contribution in [0.1, 0.15) is 23.2 Å². The molecule has 0 atom stereocenters. The number of rotatable bonds is 6. The molecule has 0 aliphatic carbocycles. The molecule has 0 saturated carbocycles. The molecular weight excluding hydrogens is 406 g/mol. The van der Waals surface area contributed by atoms with E-state index in [1.807, 2.05) is 12.1 Å². The van der Waals surface area contributed by atoms with E-state index in [-0.39, 0.29) is 11.6 Å². The molecule has 2 aromatic rings. The van der Waals surface area contributed by atoms with Gasteiger partial charge in [0.1, 0.15) is 4.47 Å². The largest absolute Gasteiger partial charge is 0.404 e. The first-order valence-electron chi connectivity index (χ1n) is 6.13. The Morgan fingerprint density at radius 2 is 1.95 bits per heavy atom. The zero-order chi connectivity index (χ0) is 15.4. The molecule has 2 rings (SSSR count). The highest BCUT2D eigenvalue weighted by atomic mass is 79.9. The second-order valence-corrected chi connectivity index (χ2v) is 6.12. The summed E-state index contributed by atoms with van der Waals surface area (Å²) in [6.45, 7) is 0.453. The molecule has 1 heterocycles. The number of halogens is 2. The second kappa shape index (κ2) is 6.95. The number of carbonyl (C=O) groups is 1. The second-order valence-electron chi connectivity index (χ2n) is 4.35. The molecule has 0 amide bonds. The van der Waals surface area contributed by atoms with Crippen LogP contribution in [0.25, 0.3) is 0 Å². The first-order chi connectivity index (χ1) is 9.97. The van der Waals surface area contributed by atoms with Gasteiger partial charge in [-0.3, -0.25) is 4.79 Å². The lowest BCUT2D eigenvalue weighted by atomic mass is 10.1. The number of aryl methyl sites for hydroxylation is 1. The van der Waals surface area contributed by atoms with Crippen LogP contribution in [0.3, 0.4) is 0 Å². The summed E-state index contributed by atoms with van der Waals surface area (Å²) in [6.07, 6.45) is 2.48. The fraction of sp³-hybridized carbons (Fsp3) is 0.231. The van der Waals surface area contributed by atoms with E-state index < -0.39 is 4.92 Å². The van der Waals surface area contributed by atoms with Gasteiger partial charge in [0.25, 0.3) is 0 Å². The zero-order valence-electron chi connectivity index (χ0n) is 10.8. The monoisotopic (exact) mass is 415 g/mol. The standard InChI is InChI=1S/C13H11Br2N3O3/c14-10-5-3-9(4-6-10)12(19)2-1-7-17-8-11(15)13(16-17)18(20)21/h3-6,8H,1-2,7H2. The minimum Gasteiger partial charge on any atom is -0.358 e. The van der Waals surface area contributed by atoms with E-state index in [9.17, 15) is 14.9 Å². The molecule has 0 radical (unpaired) electrons. The summed E-state index contributed by atoms with van der Waals surface area (Å²) in [5.41, 5.74) is 0.658. The van der Waals surface area contributed by atoms with Gasteiger partial charge in [0.15, 0.2) is 5.78 Å². The van der Waals surface area contributed by atoms with Crippen molar-refractivity contribution in [1.29, 1.82) is 0 Å². The third-order valence-electron chi connectivity index (χ3n) is 2.83. The third kappa shape index (κ3) is 4.21. The Kier molecular flexibility index (Phi) is 5.24. The lowest BCUT2D eigenvalue weighted by Crippen LogP contribution is -2.04. The Morgan fingerprint density at radius 1 is 1.29 bits per heavy atom. The normalized spacial score (nSPS) is 10.6. The molecule has 0 spiro atoms. The molecule has 21 heavy (non-hydrogen) atoms. The van der Waals surface area contributed by atoms with Crippen molar-refractivity contribution in [1.82, 2.24) is 9.78 Å². The molecule has 0 N–H and O–H groups in total. The lowest BCUT2D eigenvalue weighted by molar-refractivity contribution is -0.390. The summed E-state index contributed by atoms with van der Waals surface area (Å²) in [5, 5.41) is 14.5. The molecule has 110 valence electrons. The van der Waals surface area contributed by atoms with E-state index in [4.69, 9.17) is 0 Å².